The van der Waals surface area contributed by atoms with Crippen molar-refractivity contribution in [3.63, 3.8) is 0 Å². The van der Waals surface area contributed by atoms with Crippen LogP contribution >= 0.6 is 7.82 Å². The molecule has 3 atom stereocenters. The summed E-state index contributed by atoms with van der Waals surface area (Å²) in [6.45, 7) is 4.79. The van der Waals surface area contributed by atoms with Crippen LogP contribution in [0.1, 0.15) is 277 Å². The third-order valence-corrected chi connectivity index (χ3v) is 14.9. The number of phosphoric ester groups is 1. The fourth-order valence-electron chi connectivity index (χ4n) is 9.03. The minimum Gasteiger partial charge on any atom is -0.391 e. The molecule has 8 nitrogen and oxygen atoms in total. The second kappa shape index (κ2) is 56.4. The summed E-state index contributed by atoms with van der Waals surface area (Å²) in [5.74, 6) is -0.151. The van der Waals surface area contributed by atoms with E-state index < -0.39 is 20.0 Å². The lowest BCUT2D eigenvalue weighted by Crippen LogP contribution is -2.46. The van der Waals surface area contributed by atoms with E-state index in [1.165, 1.54) is 161 Å². The minimum atomic E-state index is -4.33. The van der Waals surface area contributed by atoms with Crippen LogP contribution in [0.5, 0.6) is 0 Å². The number of likely N-dealkylation sites (N-methyl/N-ethyl adjacent to an activating group) is 1. The van der Waals surface area contributed by atoms with Gasteiger partial charge >= 0.3 is 7.82 Å². The summed E-state index contributed by atoms with van der Waals surface area (Å²) in [5.41, 5.74) is 0. The number of phosphoric acid groups is 1. The molecule has 3 unspecified atom stereocenters. The highest BCUT2D eigenvalue weighted by molar-refractivity contribution is 7.47. The number of carbonyl (C=O) groups is 1. The van der Waals surface area contributed by atoms with E-state index in [0.717, 1.165) is 89.9 Å². The van der Waals surface area contributed by atoms with Crippen molar-refractivity contribution in [1.82, 2.24) is 5.32 Å². The first kappa shape index (κ1) is 72.7. The molecule has 0 spiro atoms. The first-order valence-electron chi connectivity index (χ1n) is 31.5. The summed E-state index contributed by atoms with van der Waals surface area (Å²) in [4.78, 5) is 23.4. The van der Waals surface area contributed by atoms with Gasteiger partial charge in [-0.05, 0) is 70.6 Å². The number of quaternary nitrogens is 1. The minimum absolute atomic E-state index is 0.0702. The molecule has 3 N–H and O–H groups in total. The Kier molecular flexibility index (Phi) is 54.7. The van der Waals surface area contributed by atoms with Crippen LogP contribution in [0.25, 0.3) is 0 Å². The predicted molar refractivity (Wildman–Crippen MR) is 327 cm³/mol. The molecule has 0 saturated carbocycles. The number of hydrogen-bond acceptors (Lipinski definition) is 5. The Hall–Kier alpha value is -2.32. The molecule has 9 heteroatoms. The topological polar surface area (TPSA) is 105 Å². The second-order valence-corrected chi connectivity index (χ2v) is 23.9. The van der Waals surface area contributed by atoms with Crippen molar-refractivity contribution in [2.45, 2.75) is 289 Å². The van der Waals surface area contributed by atoms with Gasteiger partial charge < -0.3 is 19.8 Å². The fourth-order valence-corrected chi connectivity index (χ4v) is 9.76. The van der Waals surface area contributed by atoms with E-state index >= 15 is 0 Å². The Bertz CT molecular complexity index is 1500. The molecule has 436 valence electrons. The van der Waals surface area contributed by atoms with Gasteiger partial charge in [-0.2, -0.15) is 0 Å². The Morgan fingerprint density at radius 2 is 0.800 bits per heavy atom. The van der Waals surface area contributed by atoms with Gasteiger partial charge in [0.1, 0.15) is 13.2 Å². The van der Waals surface area contributed by atoms with Gasteiger partial charge in [0, 0.05) is 6.42 Å². The summed E-state index contributed by atoms with van der Waals surface area (Å²) in [7, 11) is 1.61. The van der Waals surface area contributed by atoms with Crippen LogP contribution in [-0.2, 0) is 18.4 Å². The third kappa shape index (κ3) is 59.2. The van der Waals surface area contributed by atoms with Gasteiger partial charge in [-0.1, -0.05) is 285 Å². The number of unbranched alkanes of at least 4 members (excludes halogenated alkanes) is 30. The maximum Gasteiger partial charge on any atom is 0.472 e. The van der Waals surface area contributed by atoms with E-state index in [2.05, 4.69) is 104 Å². The highest BCUT2D eigenvalue weighted by Crippen LogP contribution is 2.43. The number of allylic oxidation sites excluding steroid dienone is 14. The van der Waals surface area contributed by atoms with E-state index in [4.69, 9.17) is 9.05 Å². The first-order valence-corrected chi connectivity index (χ1v) is 32.9. The van der Waals surface area contributed by atoms with Crippen molar-refractivity contribution in [1.29, 1.82) is 0 Å². The van der Waals surface area contributed by atoms with Crippen molar-refractivity contribution < 1.29 is 32.9 Å². The van der Waals surface area contributed by atoms with Crippen LogP contribution < -0.4 is 5.32 Å². The summed E-state index contributed by atoms with van der Waals surface area (Å²) in [6.07, 6.45) is 79.3. The SMILES string of the molecule is CC/C=C\C/C=C\C/C=C\C/C=C\C/C=C\C/C=C\C/C=C\CCCCCCCCCCCC(=O)NC(COP(=O)(O)OCC[N+](C)(C)C)C(O)CCCCCCCCCCCCCCCCCCCCCCCC. The van der Waals surface area contributed by atoms with E-state index in [-0.39, 0.29) is 19.1 Å². The highest BCUT2D eigenvalue weighted by Gasteiger charge is 2.28. The highest BCUT2D eigenvalue weighted by atomic mass is 31.2. The third-order valence-electron chi connectivity index (χ3n) is 13.9. The monoisotopic (exact) mass is 1070 g/mol. The smallest absolute Gasteiger partial charge is 0.391 e. The fraction of sp³-hybridized carbons (Fsp3) is 0.773. The molecular weight excluding hydrogens is 948 g/mol. The Balaban J connectivity index is 4.15. The summed E-state index contributed by atoms with van der Waals surface area (Å²) < 4.78 is 23.8. The summed E-state index contributed by atoms with van der Waals surface area (Å²) >= 11 is 0. The molecule has 0 fully saturated rings. The lowest BCUT2D eigenvalue weighted by molar-refractivity contribution is -0.870. The van der Waals surface area contributed by atoms with Gasteiger partial charge in [-0.25, -0.2) is 4.57 Å². The second-order valence-electron chi connectivity index (χ2n) is 22.4. The average molecular weight is 1070 g/mol. The van der Waals surface area contributed by atoms with Crippen molar-refractivity contribution in [2.24, 2.45) is 0 Å². The molecule has 75 heavy (non-hydrogen) atoms. The van der Waals surface area contributed by atoms with Crippen molar-refractivity contribution in [3.05, 3.63) is 85.1 Å². The number of hydrogen-bond donors (Lipinski definition) is 3. The number of rotatable bonds is 57. The van der Waals surface area contributed by atoms with Crippen LogP contribution in [0.3, 0.4) is 0 Å². The number of aliphatic hydroxyl groups is 1. The van der Waals surface area contributed by atoms with Gasteiger partial charge in [0.25, 0.3) is 0 Å². The zero-order valence-electron chi connectivity index (χ0n) is 49.8. The van der Waals surface area contributed by atoms with Crippen LogP contribution in [0.2, 0.25) is 0 Å². The van der Waals surface area contributed by atoms with Gasteiger partial charge in [-0.3, -0.25) is 13.8 Å². The number of carbonyl (C=O) groups excluding carboxylic acids is 1. The first-order chi connectivity index (χ1) is 36.5. The normalized spacial score (nSPS) is 14.4. The summed E-state index contributed by atoms with van der Waals surface area (Å²) in [6, 6.07) is -0.770. The standard InChI is InChI=1S/C66H121N2O6P/c1-6-8-10-12-14-16-18-20-22-24-26-28-30-31-32-33-34-35-36-37-38-40-42-44-46-48-50-52-54-56-58-60-66(70)67-64(63-74-75(71,72)73-62-61-68(3,4)5)65(69)59-57-55-53-51-49-47-45-43-41-39-29-27-25-23-21-19-17-15-13-11-9-7-2/h8,10,14,16,20,22,26,28,31-32,34-35,37-38,64-65,69H,6-7,9,11-13,15,17-19,21,23-25,27,29-30,33,36,39-63H2,1-5H3,(H-,67,70,71,72)/p+1/b10-8-,16-14-,22-20-,28-26-,32-31-,35-34-,38-37-. The maximum absolute atomic E-state index is 13.0. The van der Waals surface area contributed by atoms with E-state index in [9.17, 15) is 19.4 Å². The molecule has 0 bridgehead atoms. The molecule has 0 heterocycles. The Labute approximate surface area is 465 Å². The van der Waals surface area contributed by atoms with Gasteiger partial charge in [0.2, 0.25) is 5.91 Å². The average Bonchev–Trinajstić information content (AvgIpc) is 3.37. The molecule has 0 saturated heterocycles. The van der Waals surface area contributed by atoms with Crippen molar-refractivity contribution >= 4 is 13.7 Å². The number of nitrogens with zero attached hydrogens (tertiary/aromatic N) is 1. The quantitative estimate of drug-likeness (QED) is 0.0243. The molecule has 0 radical (unpaired) electrons. The van der Waals surface area contributed by atoms with E-state index in [0.29, 0.717) is 23.9 Å². The predicted octanol–water partition coefficient (Wildman–Crippen LogP) is 19.6. The Morgan fingerprint density at radius 3 is 1.17 bits per heavy atom. The number of nitrogens with one attached hydrogen (secondary N) is 1. The largest absolute Gasteiger partial charge is 0.472 e. The van der Waals surface area contributed by atoms with Crippen LogP contribution in [0, 0.1) is 0 Å². The van der Waals surface area contributed by atoms with Gasteiger partial charge in [0.15, 0.2) is 0 Å². The van der Waals surface area contributed by atoms with Crippen molar-refractivity contribution in [2.75, 3.05) is 40.9 Å². The zero-order valence-corrected chi connectivity index (χ0v) is 50.7. The molecule has 0 rings (SSSR count). The van der Waals surface area contributed by atoms with Gasteiger partial charge in [0.05, 0.1) is 39.9 Å². The molecular formula is C66H122N2O6P+. The van der Waals surface area contributed by atoms with E-state index in [1.807, 2.05) is 21.1 Å². The van der Waals surface area contributed by atoms with Gasteiger partial charge in [-0.15, -0.1) is 0 Å². The molecule has 0 aromatic carbocycles. The number of aliphatic hydroxyl groups excluding tert-OH is 1. The molecule has 0 aromatic heterocycles. The molecule has 1 amide bonds. The van der Waals surface area contributed by atoms with Crippen LogP contribution in [-0.4, -0.2) is 73.4 Å². The lowest BCUT2D eigenvalue weighted by Gasteiger charge is -2.26. The number of amides is 1. The molecule has 0 aliphatic rings. The maximum atomic E-state index is 13.0. The van der Waals surface area contributed by atoms with E-state index in [1.54, 1.807) is 0 Å². The summed E-state index contributed by atoms with van der Waals surface area (Å²) in [5, 5.41) is 14.1. The van der Waals surface area contributed by atoms with Crippen LogP contribution in [0.15, 0.2) is 85.1 Å². The molecule has 0 aliphatic heterocycles. The Morgan fingerprint density at radius 1 is 0.467 bits per heavy atom. The molecule has 0 aromatic rings. The van der Waals surface area contributed by atoms with Crippen LogP contribution in [0.4, 0.5) is 0 Å². The van der Waals surface area contributed by atoms with Crippen molar-refractivity contribution in [3.8, 4) is 0 Å². The zero-order chi connectivity index (χ0) is 54.9. The lowest BCUT2D eigenvalue weighted by atomic mass is 10.0. The molecule has 0 aliphatic carbocycles.